The van der Waals surface area contributed by atoms with E-state index in [-0.39, 0.29) is 11.8 Å². The average Bonchev–Trinajstić information content (AvgIpc) is 3.95. The van der Waals surface area contributed by atoms with E-state index >= 15 is 9.59 Å². The van der Waals surface area contributed by atoms with E-state index in [9.17, 15) is 0 Å². The van der Waals surface area contributed by atoms with Crippen LogP contribution in [0, 0.1) is 11.8 Å². The van der Waals surface area contributed by atoms with Crippen LogP contribution < -0.4 is 20.7 Å². The molecule has 0 bridgehead atoms. The number of benzene rings is 2. The van der Waals surface area contributed by atoms with Crippen molar-refractivity contribution in [1.82, 2.24) is 0 Å². The summed E-state index contributed by atoms with van der Waals surface area (Å²) in [7, 11) is -1.15. The first-order chi connectivity index (χ1) is 35.4. The molecule has 0 saturated carbocycles. The third kappa shape index (κ3) is 15.2. The van der Waals surface area contributed by atoms with Crippen molar-refractivity contribution in [3.8, 4) is 0 Å². The van der Waals surface area contributed by atoms with E-state index < -0.39 is 36.6 Å². The lowest BCUT2D eigenvalue weighted by Crippen LogP contribution is -2.41. The third-order valence-electron chi connectivity index (χ3n) is 18.1. The predicted octanol–water partition coefficient (Wildman–Crippen LogP) is 16.1. The normalized spacial score (nSPS) is 19.6. The van der Waals surface area contributed by atoms with Crippen LogP contribution in [0.2, 0.25) is 0 Å². The van der Waals surface area contributed by atoms with Gasteiger partial charge in [0.2, 0.25) is 0 Å². The first-order valence-corrected chi connectivity index (χ1v) is 30.8. The van der Waals surface area contributed by atoms with Gasteiger partial charge >= 0.3 is 14.2 Å². The SMILES string of the molecule is CCCCCCCCC(CCCCCCCC)CN1C(=O)C(=C2C(=O)N(CC(CCCCCCCC)CCCCCCCC)c3cc(B4OC(C)(C)C(C)(C)O4)ccc32)c2ccc(B3OC(C)(C)C(C)(C)O3)cc21. The van der Waals surface area contributed by atoms with Gasteiger partial charge in [0.05, 0.1) is 44.9 Å². The number of fused-ring (bicyclic) bond motifs is 2. The molecule has 2 aromatic rings. The summed E-state index contributed by atoms with van der Waals surface area (Å²) in [5.74, 6) is 0.571. The lowest BCUT2D eigenvalue weighted by Gasteiger charge is -2.32. The summed E-state index contributed by atoms with van der Waals surface area (Å²) < 4.78 is 26.6. The molecule has 2 saturated heterocycles. The van der Waals surface area contributed by atoms with E-state index in [1.54, 1.807) is 0 Å². The zero-order chi connectivity index (χ0) is 53.5. The van der Waals surface area contributed by atoms with Crippen LogP contribution in [-0.4, -0.2) is 61.5 Å². The number of carbonyl (C=O) groups excluding carboxylic acids is 2. The molecule has 0 radical (unpaired) electrons. The van der Waals surface area contributed by atoms with E-state index in [1.165, 1.54) is 154 Å². The van der Waals surface area contributed by atoms with Crippen LogP contribution in [0.1, 0.15) is 274 Å². The quantitative estimate of drug-likeness (QED) is 0.0395. The Hall–Kier alpha value is -2.91. The van der Waals surface area contributed by atoms with Crippen LogP contribution in [-0.2, 0) is 28.2 Å². The standard InChI is InChI=1S/C64H104B2N2O6/c1-13-17-21-25-29-33-37-49(38-34-30-26-22-18-14-2)47-67-55-45-51(65-71-61(5,6)62(7,8)72-65)41-43-53(55)57(59(67)69)58-54-44-42-52(66-73-63(9,10)64(11,12)74-66)46-56(54)68(60(58)70)48-50(39-35-31-27-23-19-15-3)40-36-32-28-24-20-16-4/h41-46,49-50H,13-40,47-48H2,1-12H3. The van der Waals surface area contributed by atoms with Gasteiger partial charge in [0.25, 0.3) is 11.8 Å². The highest BCUT2D eigenvalue weighted by Gasteiger charge is 2.54. The lowest BCUT2D eigenvalue weighted by molar-refractivity contribution is -0.114. The van der Waals surface area contributed by atoms with Crippen LogP contribution in [0.4, 0.5) is 11.4 Å². The second-order valence-corrected chi connectivity index (χ2v) is 25.3. The number of rotatable bonds is 34. The molecular formula is C64H104B2N2O6. The average molecular weight is 1020 g/mol. The van der Waals surface area contributed by atoms with Gasteiger partial charge in [-0.15, -0.1) is 0 Å². The topological polar surface area (TPSA) is 77.5 Å². The Morgan fingerprint density at radius 1 is 0.392 bits per heavy atom. The molecule has 2 fully saturated rings. The highest BCUT2D eigenvalue weighted by Crippen LogP contribution is 2.48. The molecule has 4 aliphatic heterocycles. The molecule has 0 aromatic heterocycles. The Labute approximate surface area is 453 Å². The number of hydrogen-bond donors (Lipinski definition) is 0. The van der Waals surface area contributed by atoms with Gasteiger partial charge in [0.1, 0.15) is 0 Å². The second kappa shape index (κ2) is 28.1. The van der Waals surface area contributed by atoms with Crippen LogP contribution in [0.25, 0.3) is 11.1 Å². The minimum absolute atomic E-state index is 0.0659. The molecule has 0 spiro atoms. The van der Waals surface area contributed by atoms with Crippen molar-refractivity contribution in [1.29, 1.82) is 0 Å². The lowest BCUT2D eigenvalue weighted by atomic mass is 9.77. The van der Waals surface area contributed by atoms with E-state index in [0.29, 0.717) is 36.1 Å². The van der Waals surface area contributed by atoms with Crippen molar-refractivity contribution in [3.05, 3.63) is 47.5 Å². The molecule has 0 atom stereocenters. The van der Waals surface area contributed by atoms with Crippen molar-refractivity contribution >= 4 is 59.5 Å². The second-order valence-electron chi connectivity index (χ2n) is 25.3. The monoisotopic (exact) mass is 1020 g/mol. The first kappa shape index (κ1) is 60.3. The number of anilines is 2. The van der Waals surface area contributed by atoms with Crippen molar-refractivity contribution < 1.29 is 28.2 Å². The summed E-state index contributed by atoms with van der Waals surface area (Å²) in [5, 5.41) is 0. The smallest absolute Gasteiger partial charge is 0.399 e. The van der Waals surface area contributed by atoms with Crippen molar-refractivity contribution in [2.24, 2.45) is 11.8 Å². The largest absolute Gasteiger partial charge is 0.494 e. The fourth-order valence-electron chi connectivity index (χ4n) is 11.8. The van der Waals surface area contributed by atoms with E-state index in [4.69, 9.17) is 18.6 Å². The van der Waals surface area contributed by atoms with Crippen molar-refractivity contribution in [2.75, 3.05) is 22.9 Å². The van der Waals surface area contributed by atoms with Gasteiger partial charge < -0.3 is 28.4 Å². The molecule has 0 unspecified atom stereocenters. The molecule has 4 heterocycles. The molecule has 10 heteroatoms. The summed E-state index contributed by atoms with van der Waals surface area (Å²) in [6.45, 7) is 27.1. The maximum atomic E-state index is 15.8. The Kier molecular flexibility index (Phi) is 22.9. The van der Waals surface area contributed by atoms with Gasteiger partial charge in [-0.1, -0.05) is 206 Å². The van der Waals surface area contributed by atoms with Gasteiger partial charge in [-0.25, -0.2) is 0 Å². The maximum Gasteiger partial charge on any atom is 0.494 e. The van der Waals surface area contributed by atoms with E-state index in [2.05, 4.69) is 129 Å². The predicted molar refractivity (Wildman–Crippen MR) is 315 cm³/mol. The Morgan fingerprint density at radius 3 is 0.919 bits per heavy atom. The van der Waals surface area contributed by atoms with Gasteiger partial charge in [-0.2, -0.15) is 0 Å². The molecule has 74 heavy (non-hydrogen) atoms. The fourth-order valence-corrected chi connectivity index (χ4v) is 11.8. The highest BCUT2D eigenvalue weighted by atomic mass is 16.7. The number of carbonyl (C=O) groups is 2. The van der Waals surface area contributed by atoms with E-state index in [0.717, 1.165) is 59.1 Å². The number of amides is 2. The zero-order valence-corrected chi connectivity index (χ0v) is 49.3. The Balaban J connectivity index is 1.42. The number of unbranched alkanes of at least 4 members (excludes halogenated alkanes) is 20. The van der Waals surface area contributed by atoms with Crippen molar-refractivity contribution in [2.45, 2.75) is 285 Å². The summed E-state index contributed by atoms with van der Waals surface area (Å²) in [6.07, 6.45) is 34.4. The van der Waals surface area contributed by atoms with Crippen LogP contribution in [0.3, 0.4) is 0 Å². The molecule has 2 aromatic carbocycles. The molecule has 4 aliphatic rings. The van der Waals surface area contributed by atoms with Gasteiger partial charge in [-0.3, -0.25) is 9.59 Å². The molecule has 8 nitrogen and oxygen atoms in total. The highest BCUT2D eigenvalue weighted by molar-refractivity contribution is 6.63. The minimum Gasteiger partial charge on any atom is -0.399 e. The summed E-state index contributed by atoms with van der Waals surface area (Å²) in [6, 6.07) is 12.6. The molecule has 412 valence electrons. The van der Waals surface area contributed by atoms with Crippen LogP contribution in [0.15, 0.2) is 36.4 Å². The molecule has 6 rings (SSSR count). The zero-order valence-electron chi connectivity index (χ0n) is 49.3. The number of nitrogens with zero attached hydrogens (tertiary/aromatic N) is 2. The Bertz CT molecular complexity index is 1920. The molecular weight excluding hydrogens is 914 g/mol. The molecule has 2 amide bonds. The van der Waals surface area contributed by atoms with Crippen LogP contribution in [0.5, 0.6) is 0 Å². The van der Waals surface area contributed by atoms with Crippen molar-refractivity contribution in [3.63, 3.8) is 0 Å². The van der Waals surface area contributed by atoms with Gasteiger partial charge in [-0.05, 0) is 116 Å². The van der Waals surface area contributed by atoms with Crippen LogP contribution >= 0.6 is 0 Å². The summed E-state index contributed by atoms with van der Waals surface area (Å²) in [4.78, 5) is 35.7. The van der Waals surface area contributed by atoms with Gasteiger partial charge in [0, 0.05) is 24.2 Å². The minimum atomic E-state index is -0.575. The first-order valence-electron chi connectivity index (χ1n) is 30.8. The molecule has 0 aliphatic carbocycles. The van der Waals surface area contributed by atoms with Gasteiger partial charge in [0.15, 0.2) is 0 Å². The third-order valence-corrected chi connectivity index (χ3v) is 18.1. The summed E-state index contributed by atoms with van der Waals surface area (Å²) >= 11 is 0. The van der Waals surface area contributed by atoms with E-state index in [1.807, 2.05) is 0 Å². The summed E-state index contributed by atoms with van der Waals surface area (Å²) in [5.41, 5.74) is 4.20. The maximum absolute atomic E-state index is 15.8. The fraction of sp³-hybridized carbons (Fsp3) is 0.750. The Morgan fingerprint density at radius 2 is 0.649 bits per heavy atom. The number of hydrogen-bond acceptors (Lipinski definition) is 6. The molecule has 0 N–H and O–H groups in total.